The summed E-state index contributed by atoms with van der Waals surface area (Å²) in [7, 11) is 3.00. The number of carbonyl (C=O) groups is 2. The van der Waals surface area contributed by atoms with E-state index in [4.69, 9.17) is 9.47 Å². The smallest absolute Gasteiger partial charge is 0.323 e. The number of esters is 1. The van der Waals surface area contributed by atoms with Crippen LogP contribution in [0.15, 0.2) is 18.2 Å². The Morgan fingerprint density at radius 1 is 1.23 bits per heavy atom. The molecule has 0 radical (unpaired) electrons. The van der Waals surface area contributed by atoms with Gasteiger partial charge >= 0.3 is 5.97 Å². The molecule has 26 heavy (non-hydrogen) atoms. The standard InChI is InChI=1S/C20H28N2O4/c1-13-8-9-18(25-2)15(10-13)21-19(23)12-22-16-7-5-4-6-14(16)11-17(22)20(24)26-3/h8-10,14,16-17H,4-7,11-12H2,1-3H3,(H,21,23)/t14-,16-,17+/m1/s1. The summed E-state index contributed by atoms with van der Waals surface area (Å²) in [5.74, 6) is 0.744. The van der Waals surface area contributed by atoms with Gasteiger partial charge in [-0.3, -0.25) is 14.5 Å². The van der Waals surface area contributed by atoms with Crippen molar-refractivity contribution in [2.45, 2.75) is 51.1 Å². The summed E-state index contributed by atoms with van der Waals surface area (Å²) in [5.41, 5.74) is 1.70. The van der Waals surface area contributed by atoms with Gasteiger partial charge in [0.2, 0.25) is 5.91 Å². The maximum atomic E-state index is 12.7. The Morgan fingerprint density at radius 2 is 2.00 bits per heavy atom. The molecule has 1 saturated carbocycles. The lowest BCUT2D eigenvalue weighted by molar-refractivity contribution is -0.146. The molecule has 1 aromatic rings. The number of nitrogens with one attached hydrogen (secondary N) is 1. The third-order valence-electron chi connectivity index (χ3n) is 5.65. The molecule has 6 heteroatoms. The quantitative estimate of drug-likeness (QED) is 0.818. The molecule has 1 heterocycles. The number of ether oxygens (including phenoxy) is 2. The van der Waals surface area contributed by atoms with Crippen molar-refractivity contribution in [1.29, 1.82) is 0 Å². The summed E-state index contributed by atoms with van der Waals surface area (Å²) < 4.78 is 10.3. The third kappa shape index (κ3) is 3.85. The molecule has 2 aliphatic rings. The summed E-state index contributed by atoms with van der Waals surface area (Å²) in [5, 5.41) is 2.94. The lowest BCUT2D eigenvalue weighted by Crippen LogP contribution is -2.46. The average Bonchev–Trinajstić information content (AvgIpc) is 3.00. The lowest BCUT2D eigenvalue weighted by Gasteiger charge is -2.32. The van der Waals surface area contributed by atoms with Crippen LogP contribution in [0.1, 0.15) is 37.7 Å². The van der Waals surface area contributed by atoms with Gasteiger partial charge in [-0.15, -0.1) is 0 Å². The lowest BCUT2D eigenvalue weighted by atomic mass is 9.85. The van der Waals surface area contributed by atoms with E-state index < -0.39 is 0 Å². The number of likely N-dealkylation sites (tertiary alicyclic amines) is 1. The van der Waals surface area contributed by atoms with E-state index in [1.807, 2.05) is 30.0 Å². The van der Waals surface area contributed by atoms with Gasteiger partial charge in [-0.1, -0.05) is 18.9 Å². The first-order chi connectivity index (χ1) is 12.5. The first-order valence-corrected chi connectivity index (χ1v) is 9.31. The number of amides is 1. The molecule has 6 nitrogen and oxygen atoms in total. The van der Waals surface area contributed by atoms with Crippen LogP contribution in [0.5, 0.6) is 5.75 Å². The summed E-state index contributed by atoms with van der Waals surface area (Å²) >= 11 is 0. The van der Waals surface area contributed by atoms with E-state index in [0.29, 0.717) is 17.4 Å². The molecule has 1 amide bonds. The Morgan fingerprint density at radius 3 is 2.73 bits per heavy atom. The largest absolute Gasteiger partial charge is 0.495 e. The zero-order chi connectivity index (χ0) is 18.7. The second-order valence-electron chi connectivity index (χ2n) is 7.31. The number of fused-ring (bicyclic) bond motifs is 1. The van der Waals surface area contributed by atoms with Gasteiger partial charge < -0.3 is 14.8 Å². The minimum absolute atomic E-state index is 0.131. The normalized spacial score (nSPS) is 25.4. The first-order valence-electron chi connectivity index (χ1n) is 9.31. The molecule has 3 atom stereocenters. The number of benzene rings is 1. The molecule has 1 saturated heterocycles. The monoisotopic (exact) mass is 360 g/mol. The van der Waals surface area contributed by atoms with E-state index >= 15 is 0 Å². The highest BCUT2D eigenvalue weighted by Crippen LogP contribution is 2.40. The van der Waals surface area contributed by atoms with Crippen LogP contribution in [-0.2, 0) is 14.3 Å². The van der Waals surface area contributed by atoms with Crippen LogP contribution in [0.25, 0.3) is 0 Å². The van der Waals surface area contributed by atoms with Crippen LogP contribution >= 0.6 is 0 Å². The Kier molecular flexibility index (Phi) is 5.81. The fourth-order valence-electron chi connectivity index (χ4n) is 4.42. The number of hydrogen-bond acceptors (Lipinski definition) is 5. The molecule has 142 valence electrons. The second kappa shape index (κ2) is 8.08. The Bertz CT molecular complexity index is 676. The van der Waals surface area contributed by atoms with Gasteiger partial charge in [-0.2, -0.15) is 0 Å². The van der Waals surface area contributed by atoms with Crippen LogP contribution in [0.2, 0.25) is 0 Å². The van der Waals surface area contributed by atoms with Crippen LogP contribution in [-0.4, -0.2) is 49.6 Å². The maximum Gasteiger partial charge on any atom is 0.323 e. The molecule has 0 spiro atoms. The highest BCUT2D eigenvalue weighted by atomic mass is 16.5. The van der Waals surface area contributed by atoms with Crippen molar-refractivity contribution in [2.75, 3.05) is 26.1 Å². The van der Waals surface area contributed by atoms with Gasteiger partial charge in [-0.05, 0) is 49.8 Å². The molecule has 0 aromatic heterocycles. The van der Waals surface area contributed by atoms with Gasteiger partial charge in [0, 0.05) is 6.04 Å². The third-order valence-corrected chi connectivity index (χ3v) is 5.65. The molecule has 0 bridgehead atoms. The summed E-state index contributed by atoms with van der Waals surface area (Å²) in [6.07, 6.45) is 5.31. The molecule has 1 aliphatic carbocycles. The number of methoxy groups -OCH3 is 2. The van der Waals surface area contributed by atoms with Gasteiger partial charge in [0.15, 0.2) is 0 Å². The molecule has 3 rings (SSSR count). The van der Waals surface area contributed by atoms with Crippen LogP contribution in [0.3, 0.4) is 0 Å². The molecular formula is C20H28N2O4. The highest BCUT2D eigenvalue weighted by Gasteiger charge is 2.46. The number of carbonyl (C=O) groups excluding carboxylic acids is 2. The fourth-order valence-corrected chi connectivity index (χ4v) is 4.42. The van der Waals surface area contributed by atoms with E-state index in [-0.39, 0.29) is 30.5 Å². The topological polar surface area (TPSA) is 67.9 Å². The number of anilines is 1. The van der Waals surface area contributed by atoms with E-state index in [9.17, 15) is 9.59 Å². The van der Waals surface area contributed by atoms with Crippen molar-refractivity contribution < 1.29 is 19.1 Å². The van der Waals surface area contributed by atoms with Crippen molar-refractivity contribution in [3.8, 4) is 5.75 Å². The second-order valence-corrected chi connectivity index (χ2v) is 7.31. The Hall–Kier alpha value is -2.08. The molecule has 2 fully saturated rings. The average molecular weight is 360 g/mol. The number of hydrogen-bond donors (Lipinski definition) is 1. The minimum Gasteiger partial charge on any atom is -0.495 e. The predicted molar refractivity (Wildman–Crippen MR) is 99.2 cm³/mol. The molecular weight excluding hydrogens is 332 g/mol. The summed E-state index contributed by atoms with van der Waals surface area (Å²) in [6.45, 7) is 2.16. The van der Waals surface area contributed by atoms with Crippen LogP contribution in [0.4, 0.5) is 5.69 Å². The van der Waals surface area contributed by atoms with Crippen LogP contribution < -0.4 is 10.1 Å². The van der Waals surface area contributed by atoms with E-state index in [2.05, 4.69) is 5.32 Å². The fraction of sp³-hybridized carbons (Fsp3) is 0.600. The van der Waals surface area contributed by atoms with E-state index in [0.717, 1.165) is 31.2 Å². The predicted octanol–water partition coefficient (Wildman–Crippen LogP) is 2.75. The zero-order valence-electron chi connectivity index (χ0n) is 15.8. The SMILES string of the molecule is COC(=O)[C@@H]1C[C@H]2CCCC[C@H]2N1CC(=O)Nc1cc(C)ccc1OC. The Balaban J connectivity index is 1.73. The zero-order valence-corrected chi connectivity index (χ0v) is 15.8. The van der Waals surface area contributed by atoms with Crippen molar-refractivity contribution >= 4 is 17.6 Å². The molecule has 1 aliphatic heterocycles. The Labute approximate surface area is 154 Å². The minimum atomic E-state index is -0.321. The van der Waals surface area contributed by atoms with Crippen molar-refractivity contribution in [2.24, 2.45) is 5.92 Å². The van der Waals surface area contributed by atoms with Gasteiger partial charge in [0.1, 0.15) is 11.8 Å². The number of aryl methyl sites for hydroxylation is 1. The van der Waals surface area contributed by atoms with Crippen molar-refractivity contribution in [3.63, 3.8) is 0 Å². The van der Waals surface area contributed by atoms with Gasteiger partial charge in [0.05, 0.1) is 26.5 Å². The van der Waals surface area contributed by atoms with Gasteiger partial charge in [-0.25, -0.2) is 0 Å². The van der Waals surface area contributed by atoms with Crippen LogP contribution in [0, 0.1) is 12.8 Å². The number of nitrogens with zero attached hydrogens (tertiary/aromatic N) is 1. The molecule has 0 unspecified atom stereocenters. The molecule has 1 N–H and O–H groups in total. The van der Waals surface area contributed by atoms with E-state index in [1.165, 1.54) is 13.5 Å². The molecule has 1 aromatic carbocycles. The number of rotatable bonds is 5. The van der Waals surface area contributed by atoms with Crippen molar-refractivity contribution in [3.05, 3.63) is 23.8 Å². The first kappa shape index (κ1) is 18.7. The highest BCUT2D eigenvalue weighted by molar-refractivity contribution is 5.94. The maximum absolute atomic E-state index is 12.7. The van der Waals surface area contributed by atoms with E-state index in [1.54, 1.807) is 7.11 Å². The summed E-state index contributed by atoms with van der Waals surface area (Å²) in [4.78, 5) is 27.0. The van der Waals surface area contributed by atoms with Crippen molar-refractivity contribution in [1.82, 2.24) is 4.90 Å². The summed E-state index contributed by atoms with van der Waals surface area (Å²) in [6, 6.07) is 5.64. The van der Waals surface area contributed by atoms with Gasteiger partial charge in [0.25, 0.3) is 0 Å².